The van der Waals surface area contributed by atoms with Crippen molar-refractivity contribution in [3.8, 4) is 0 Å². The van der Waals surface area contributed by atoms with Gasteiger partial charge in [-0.25, -0.2) is 4.98 Å². The van der Waals surface area contributed by atoms with E-state index >= 15 is 0 Å². The third kappa shape index (κ3) is 4.47. The van der Waals surface area contributed by atoms with Crippen LogP contribution in [0.25, 0.3) is 0 Å². The van der Waals surface area contributed by atoms with E-state index in [0.717, 1.165) is 70.4 Å². The molecule has 0 aliphatic carbocycles. The monoisotopic (exact) mass is 399 g/mol. The van der Waals surface area contributed by atoms with Crippen LogP contribution in [0.5, 0.6) is 0 Å². The summed E-state index contributed by atoms with van der Waals surface area (Å²) in [7, 11) is 4.01. The molecule has 158 valence electrons. The highest BCUT2D eigenvalue weighted by molar-refractivity contribution is 5.81. The Balaban J connectivity index is 1.41. The van der Waals surface area contributed by atoms with Gasteiger partial charge < -0.3 is 25.3 Å². The number of hydrogen-bond donors (Lipinski definition) is 2. The van der Waals surface area contributed by atoms with Crippen LogP contribution in [0.1, 0.15) is 24.8 Å². The molecule has 4 rings (SSSR count). The van der Waals surface area contributed by atoms with Crippen molar-refractivity contribution in [1.29, 1.82) is 0 Å². The number of piperidine rings is 1. The normalized spacial score (nSPS) is 26.1. The number of likely N-dealkylation sites (N-methyl/N-ethyl adjacent to an activating group) is 1. The molecular formula is C21H33N7O. The maximum Gasteiger partial charge on any atom is 0.220 e. The Bertz CT molecular complexity index is 759. The predicted molar refractivity (Wildman–Crippen MR) is 115 cm³/mol. The Labute approximate surface area is 173 Å². The number of nitrogens with one attached hydrogen (secondary N) is 2. The molecule has 29 heavy (non-hydrogen) atoms. The van der Waals surface area contributed by atoms with E-state index in [2.05, 4.69) is 48.4 Å². The molecule has 0 bridgehead atoms. The van der Waals surface area contributed by atoms with Crippen LogP contribution < -0.4 is 15.5 Å². The summed E-state index contributed by atoms with van der Waals surface area (Å²) in [5.74, 6) is 2.17. The summed E-state index contributed by atoms with van der Waals surface area (Å²) < 4.78 is 0. The second-order valence-electron chi connectivity index (χ2n) is 8.66. The molecule has 3 aliphatic heterocycles. The van der Waals surface area contributed by atoms with Crippen molar-refractivity contribution < 1.29 is 4.79 Å². The Hall–Kier alpha value is -2.35. The molecule has 8 heteroatoms. The van der Waals surface area contributed by atoms with E-state index < -0.39 is 0 Å². The van der Waals surface area contributed by atoms with Crippen LogP contribution in [0, 0.1) is 5.41 Å². The maximum absolute atomic E-state index is 11.8. The molecule has 8 nitrogen and oxygen atoms in total. The number of carbonyl (C=O) groups is 1. The number of amides is 1. The van der Waals surface area contributed by atoms with Gasteiger partial charge in [-0.1, -0.05) is 6.07 Å². The third-order valence-electron chi connectivity index (χ3n) is 6.48. The van der Waals surface area contributed by atoms with E-state index in [-0.39, 0.29) is 11.3 Å². The molecule has 1 amide bonds. The Morgan fingerprint density at radius 3 is 2.86 bits per heavy atom. The summed E-state index contributed by atoms with van der Waals surface area (Å²) in [6, 6.07) is 4.16. The lowest BCUT2D eigenvalue weighted by Crippen LogP contribution is -2.51. The molecule has 1 atom stereocenters. The highest BCUT2D eigenvalue weighted by Gasteiger charge is 2.42. The van der Waals surface area contributed by atoms with Gasteiger partial charge in [-0.2, -0.15) is 0 Å². The lowest BCUT2D eigenvalue weighted by atomic mass is 9.79. The predicted octanol–water partition coefficient (Wildman–Crippen LogP) is 0.511. The lowest BCUT2D eigenvalue weighted by Gasteiger charge is -2.41. The van der Waals surface area contributed by atoms with Gasteiger partial charge in [-0.15, -0.1) is 0 Å². The number of guanidine groups is 1. The molecule has 4 heterocycles. The number of pyridine rings is 1. The Kier molecular flexibility index (Phi) is 5.89. The molecule has 1 aromatic heterocycles. The van der Waals surface area contributed by atoms with Crippen LogP contribution in [0.15, 0.2) is 23.3 Å². The minimum Gasteiger partial charge on any atom is -0.355 e. The van der Waals surface area contributed by atoms with Crippen LogP contribution >= 0.6 is 0 Å². The van der Waals surface area contributed by atoms with Crippen molar-refractivity contribution in [2.24, 2.45) is 10.4 Å². The van der Waals surface area contributed by atoms with Gasteiger partial charge in [0.05, 0.1) is 0 Å². The zero-order valence-corrected chi connectivity index (χ0v) is 17.7. The van der Waals surface area contributed by atoms with Crippen molar-refractivity contribution in [3.05, 3.63) is 23.9 Å². The summed E-state index contributed by atoms with van der Waals surface area (Å²) in [6.45, 7) is 7.48. The summed E-state index contributed by atoms with van der Waals surface area (Å²) in [4.78, 5) is 28.1. The standard InChI is InChI=1S/C21H33N7O/c1-22-20(28-8-4-6-21(16-28)13-18(29)25-15-21)24-14-17-5-3-7-23-19(17)27-11-9-26(2)10-12-27/h3,5,7H,4,6,8-16H2,1-2H3,(H,22,24)(H,25,29). The largest absolute Gasteiger partial charge is 0.355 e. The summed E-state index contributed by atoms with van der Waals surface area (Å²) in [5.41, 5.74) is 1.26. The molecular weight excluding hydrogens is 366 g/mol. The topological polar surface area (TPSA) is 76.1 Å². The molecule has 1 aromatic rings. The van der Waals surface area contributed by atoms with Crippen molar-refractivity contribution in [2.45, 2.75) is 25.8 Å². The first-order valence-electron chi connectivity index (χ1n) is 10.7. The van der Waals surface area contributed by atoms with E-state index in [1.54, 1.807) is 0 Å². The van der Waals surface area contributed by atoms with Gasteiger partial charge in [0.1, 0.15) is 5.82 Å². The van der Waals surface area contributed by atoms with E-state index in [9.17, 15) is 4.79 Å². The quantitative estimate of drug-likeness (QED) is 0.570. The highest BCUT2D eigenvalue weighted by Crippen LogP contribution is 2.36. The van der Waals surface area contributed by atoms with E-state index in [4.69, 9.17) is 0 Å². The average Bonchev–Trinajstić information content (AvgIpc) is 3.09. The van der Waals surface area contributed by atoms with Crippen molar-refractivity contribution in [1.82, 2.24) is 25.4 Å². The molecule has 0 saturated carbocycles. The molecule has 0 aromatic carbocycles. The van der Waals surface area contributed by atoms with Gasteiger partial charge in [0.2, 0.25) is 5.91 Å². The first kappa shape index (κ1) is 19.9. The second-order valence-corrected chi connectivity index (χ2v) is 8.66. The number of hydrogen-bond acceptors (Lipinski definition) is 5. The molecule has 3 saturated heterocycles. The van der Waals surface area contributed by atoms with Crippen LogP contribution in [0.3, 0.4) is 0 Å². The van der Waals surface area contributed by atoms with Gasteiger partial charge in [0.15, 0.2) is 5.96 Å². The fraction of sp³-hybridized carbons (Fsp3) is 0.667. The molecule has 1 unspecified atom stereocenters. The third-order valence-corrected chi connectivity index (χ3v) is 6.48. The minimum absolute atomic E-state index is 0.0617. The number of aromatic nitrogens is 1. The fourth-order valence-corrected chi connectivity index (χ4v) is 4.81. The molecule has 1 spiro atoms. The summed E-state index contributed by atoms with van der Waals surface area (Å²) in [6.07, 6.45) is 4.71. The smallest absolute Gasteiger partial charge is 0.220 e. The maximum atomic E-state index is 11.8. The van der Waals surface area contributed by atoms with E-state index in [1.165, 1.54) is 5.56 Å². The number of likely N-dealkylation sites (tertiary alicyclic amines) is 1. The van der Waals surface area contributed by atoms with Gasteiger partial charge in [-0.3, -0.25) is 9.79 Å². The van der Waals surface area contributed by atoms with Crippen LogP contribution in [-0.2, 0) is 11.3 Å². The first-order valence-corrected chi connectivity index (χ1v) is 10.7. The second kappa shape index (κ2) is 8.57. The van der Waals surface area contributed by atoms with Crippen molar-refractivity contribution >= 4 is 17.7 Å². The zero-order valence-electron chi connectivity index (χ0n) is 17.7. The molecule has 3 fully saturated rings. The number of anilines is 1. The van der Waals surface area contributed by atoms with Crippen molar-refractivity contribution in [2.75, 3.05) is 64.8 Å². The van der Waals surface area contributed by atoms with Gasteiger partial charge in [0.25, 0.3) is 0 Å². The first-order chi connectivity index (χ1) is 14.1. The van der Waals surface area contributed by atoms with Crippen molar-refractivity contribution in [3.63, 3.8) is 0 Å². The number of nitrogens with zero attached hydrogens (tertiary/aromatic N) is 5. The number of piperazine rings is 1. The molecule has 0 radical (unpaired) electrons. The van der Waals surface area contributed by atoms with Crippen LogP contribution in [-0.4, -0.2) is 86.6 Å². The number of aliphatic imine (C=N–C) groups is 1. The Morgan fingerprint density at radius 2 is 2.14 bits per heavy atom. The highest BCUT2D eigenvalue weighted by atomic mass is 16.1. The van der Waals surface area contributed by atoms with Crippen LogP contribution in [0.4, 0.5) is 5.82 Å². The Morgan fingerprint density at radius 1 is 1.31 bits per heavy atom. The van der Waals surface area contributed by atoms with E-state index in [1.807, 2.05) is 19.3 Å². The fourth-order valence-electron chi connectivity index (χ4n) is 4.81. The van der Waals surface area contributed by atoms with Gasteiger partial charge in [-0.05, 0) is 26.0 Å². The molecule has 3 aliphatic rings. The summed E-state index contributed by atoms with van der Waals surface area (Å²) in [5, 5.41) is 6.57. The molecule has 2 N–H and O–H groups in total. The number of rotatable bonds is 3. The van der Waals surface area contributed by atoms with E-state index in [0.29, 0.717) is 13.0 Å². The average molecular weight is 400 g/mol. The number of carbonyl (C=O) groups excluding carboxylic acids is 1. The van der Waals surface area contributed by atoms with Crippen LogP contribution in [0.2, 0.25) is 0 Å². The lowest BCUT2D eigenvalue weighted by molar-refractivity contribution is -0.119. The minimum atomic E-state index is 0.0617. The van der Waals surface area contributed by atoms with Gasteiger partial charge in [0, 0.05) is 83.0 Å². The zero-order chi connectivity index (χ0) is 20.3. The van der Waals surface area contributed by atoms with Gasteiger partial charge >= 0.3 is 0 Å². The summed E-state index contributed by atoms with van der Waals surface area (Å²) >= 11 is 0. The SMILES string of the molecule is CN=C(NCc1cccnc1N1CCN(C)CC1)N1CCCC2(CNC(=O)C2)C1.